The van der Waals surface area contributed by atoms with Gasteiger partial charge < -0.3 is 4.90 Å². The normalized spacial score (nSPS) is 21.1. The molecule has 0 aromatic carbocycles. The molecule has 1 saturated heterocycles. The highest BCUT2D eigenvalue weighted by atomic mass is 79.9. The van der Waals surface area contributed by atoms with Crippen LogP contribution in [0.15, 0.2) is 0 Å². The lowest BCUT2D eigenvalue weighted by Gasteiger charge is -2.25. The summed E-state index contributed by atoms with van der Waals surface area (Å²) < 4.78 is 36.8. The molecule has 0 aromatic rings. The molecule has 2 nitrogen and oxygen atoms in total. The number of rotatable bonds is 4. The predicted molar refractivity (Wildman–Crippen MR) is 61.9 cm³/mol. The van der Waals surface area contributed by atoms with Crippen LogP contribution in [-0.2, 0) is 4.79 Å². The second-order valence-corrected chi connectivity index (χ2v) is 5.67. The van der Waals surface area contributed by atoms with Gasteiger partial charge in [-0.25, -0.2) is 0 Å². The number of alkyl halides is 4. The van der Waals surface area contributed by atoms with Crippen molar-refractivity contribution in [2.45, 2.75) is 24.3 Å². The molecule has 1 unspecified atom stereocenters. The Hall–Kier alpha value is 0.0900. The molecule has 1 rings (SSSR count). The summed E-state index contributed by atoms with van der Waals surface area (Å²) in [5.74, 6) is 0.490. The topological polar surface area (TPSA) is 20.3 Å². The van der Waals surface area contributed by atoms with Crippen molar-refractivity contribution in [3.63, 3.8) is 0 Å². The molecule has 16 heavy (non-hydrogen) atoms. The lowest BCUT2D eigenvalue weighted by atomic mass is 10.2. The Balaban J connectivity index is 2.57. The Morgan fingerprint density at radius 2 is 2.19 bits per heavy atom. The van der Waals surface area contributed by atoms with Gasteiger partial charge in [-0.3, -0.25) is 4.79 Å². The number of thioether (sulfide) groups is 1. The van der Waals surface area contributed by atoms with Gasteiger partial charge in [-0.2, -0.15) is 13.2 Å². The second kappa shape index (κ2) is 6.14. The Kier molecular flexibility index (Phi) is 5.43. The molecule has 0 radical (unpaired) electrons. The van der Waals surface area contributed by atoms with Crippen molar-refractivity contribution in [2.24, 2.45) is 0 Å². The molecule has 94 valence electrons. The van der Waals surface area contributed by atoms with Crippen molar-refractivity contribution in [1.82, 2.24) is 4.90 Å². The van der Waals surface area contributed by atoms with Gasteiger partial charge in [-0.15, -0.1) is 11.8 Å². The monoisotopic (exact) mass is 319 g/mol. The van der Waals surface area contributed by atoms with Crippen molar-refractivity contribution >= 4 is 33.6 Å². The molecule has 1 fully saturated rings. The summed E-state index contributed by atoms with van der Waals surface area (Å²) in [6.45, 7) is -1.04. The number of amides is 1. The van der Waals surface area contributed by atoms with Crippen LogP contribution in [0, 0.1) is 0 Å². The summed E-state index contributed by atoms with van der Waals surface area (Å²) in [7, 11) is 0. The molecule has 0 aliphatic carbocycles. The summed E-state index contributed by atoms with van der Waals surface area (Å²) in [5, 5.41) is 0.0908. The van der Waals surface area contributed by atoms with Gasteiger partial charge in [0.15, 0.2) is 0 Å². The summed E-state index contributed by atoms with van der Waals surface area (Å²) in [4.78, 5) is 12.7. The zero-order valence-electron chi connectivity index (χ0n) is 8.60. The van der Waals surface area contributed by atoms with E-state index in [0.717, 1.165) is 17.1 Å². The molecule has 0 bridgehead atoms. The van der Waals surface area contributed by atoms with Crippen LogP contribution in [0.25, 0.3) is 0 Å². The number of nitrogens with zero attached hydrogens (tertiary/aromatic N) is 1. The van der Waals surface area contributed by atoms with Gasteiger partial charge in [0.2, 0.25) is 5.91 Å². The fourth-order valence-corrected chi connectivity index (χ4v) is 3.23. The molecule has 1 heterocycles. The minimum atomic E-state index is -4.32. The average molecular weight is 320 g/mol. The van der Waals surface area contributed by atoms with Crippen LogP contribution in [0.1, 0.15) is 12.8 Å². The highest BCUT2D eigenvalue weighted by molar-refractivity contribution is 9.09. The third-order valence-electron chi connectivity index (χ3n) is 2.24. The minimum absolute atomic E-state index is 0.107. The molecule has 0 aromatic heterocycles. The quantitative estimate of drug-likeness (QED) is 0.742. The molecule has 1 atom stereocenters. The Morgan fingerprint density at radius 3 is 2.62 bits per heavy atom. The molecule has 0 N–H and O–H groups in total. The SMILES string of the molecule is O=C(C1CCCS1)N(CCBr)CC(F)(F)F. The summed E-state index contributed by atoms with van der Waals surface area (Å²) in [6.07, 6.45) is -2.71. The van der Waals surface area contributed by atoms with Crippen molar-refractivity contribution < 1.29 is 18.0 Å². The van der Waals surface area contributed by atoms with E-state index in [1.165, 1.54) is 11.8 Å². The van der Waals surface area contributed by atoms with E-state index >= 15 is 0 Å². The summed E-state index contributed by atoms with van der Waals surface area (Å²) in [5.41, 5.74) is 0. The molecule has 1 aliphatic rings. The van der Waals surface area contributed by atoms with Gasteiger partial charge in [0, 0.05) is 11.9 Å². The van der Waals surface area contributed by atoms with Crippen molar-refractivity contribution in [3.8, 4) is 0 Å². The van der Waals surface area contributed by atoms with Gasteiger partial charge >= 0.3 is 6.18 Å². The number of carbonyl (C=O) groups is 1. The summed E-state index contributed by atoms with van der Waals surface area (Å²) in [6, 6.07) is 0. The molecule has 1 aliphatic heterocycles. The van der Waals surface area contributed by atoms with E-state index in [9.17, 15) is 18.0 Å². The first-order valence-electron chi connectivity index (χ1n) is 4.97. The zero-order valence-corrected chi connectivity index (χ0v) is 11.0. The fourth-order valence-electron chi connectivity index (χ4n) is 1.56. The maximum atomic E-state index is 12.3. The number of hydrogen-bond donors (Lipinski definition) is 0. The highest BCUT2D eigenvalue weighted by Crippen LogP contribution is 2.28. The van der Waals surface area contributed by atoms with E-state index < -0.39 is 12.7 Å². The summed E-state index contributed by atoms with van der Waals surface area (Å²) >= 11 is 4.52. The first-order chi connectivity index (χ1) is 7.44. The van der Waals surface area contributed by atoms with Crippen LogP contribution >= 0.6 is 27.7 Å². The molecule has 0 saturated carbocycles. The van der Waals surface area contributed by atoms with E-state index in [1.807, 2.05) is 0 Å². The number of carbonyl (C=O) groups excluding carboxylic acids is 1. The smallest absolute Gasteiger partial charge is 0.332 e. The molecule has 0 spiro atoms. The van der Waals surface area contributed by atoms with Crippen molar-refractivity contribution in [1.29, 1.82) is 0 Å². The van der Waals surface area contributed by atoms with Crippen LogP contribution < -0.4 is 0 Å². The van der Waals surface area contributed by atoms with Crippen LogP contribution in [0.5, 0.6) is 0 Å². The minimum Gasteiger partial charge on any atom is -0.332 e. The van der Waals surface area contributed by atoms with Crippen LogP contribution in [0.3, 0.4) is 0 Å². The van der Waals surface area contributed by atoms with Crippen molar-refractivity contribution in [3.05, 3.63) is 0 Å². The van der Waals surface area contributed by atoms with Crippen molar-refractivity contribution in [2.75, 3.05) is 24.2 Å². The Morgan fingerprint density at radius 1 is 1.50 bits per heavy atom. The van der Waals surface area contributed by atoms with Gasteiger partial charge in [0.1, 0.15) is 6.54 Å². The van der Waals surface area contributed by atoms with E-state index in [4.69, 9.17) is 0 Å². The van der Waals surface area contributed by atoms with E-state index in [-0.39, 0.29) is 17.7 Å². The number of hydrogen-bond acceptors (Lipinski definition) is 2. The number of halogens is 4. The van der Waals surface area contributed by atoms with Gasteiger partial charge in [0.25, 0.3) is 0 Å². The standard InChI is InChI=1S/C9H13BrF3NOS/c10-3-4-14(6-9(11,12)13)8(15)7-2-1-5-16-7/h7H,1-6H2. The highest BCUT2D eigenvalue weighted by Gasteiger charge is 2.36. The molecular formula is C9H13BrF3NOS. The largest absolute Gasteiger partial charge is 0.406 e. The lowest BCUT2D eigenvalue weighted by Crippen LogP contribution is -2.43. The average Bonchev–Trinajstić information content (AvgIpc) is 2.66. The molecule has 1 amide bonds. The van der Waals surface area contributed by atoms with Crippen LogP contribution in [-0.4, -0.2) is 46.4 Å². The van der Waals surface area contributed by atoms with Gasteiger partial charge in [-0.1, -0.05) is 15.9 Å². The first kappa shape index (κ1) is 14.2. The Bertz CT molecular complexity index is 243. The third kappa shape index (κ3) is 4.53. The van der Waals surface area contributed by atoms with Gasteiger partial charge in [0.05, 0.1) is 5.25 Å². The van der Waals surface area contributed by atoms with Crippen LogP contribution in [0.4, 0.5) is 13.2 Å². The first-order valence-corrected chi connectivity index (χ1v) is 7.14. The van der Waals surface area contributed by atoms with E-state index in [2.05, 4.69) is 15.9 Å². The molecular weight excluding hydrogens is 307 g/mol. The third-order valence-corrected chi connectivity index (χ3v) is 3.96. The zero-order chi connectivity index (χ0) is 12.2. The maximum absolute atomic E-state index is 12.3. The lowest BCUT2D eigenvalue weighted by molar-refractivity contribution is -0.160. The fraction of sp³-hybridized carbons (Fsp3) is 0.889. The Labute approximate surface area is 105 Å². The van der Waals surface area contributed by atoms with Crippen LogP contribution in [0.2, 0.25) is 0 Å². The van der Waals surface area contributed by atoms with Gasteiger partial charge in [-0.05, 0) is 18.6 Å². The predicted octanol–water partition coefficient (Wildman–Crippen LogP) is 2.67. The maximum Gasteiger partial charge on any atom is 0.406 e. The van der Waals surface area contributed by atoms with E-state index in [0.29, 0.717) is 11.8 Å². The van der Waals surface area contributed by atoms with E-state index in [1.54, 1.807) is 0 Å². The molecule has 7 heteroatoms. The second-order valence-electron chi connectivity index (χ2n) is 3.57.